The first kappa shape index (κ1) is 22.8. The summed E-state index contributed by atoms with van der Waals surface area (Å²) in [4.78, 5) is 37.5. The van der Waals surface area contributed by atoms with Gasteiger partial charge in [-0.1, -0.05) is 55.5 Å². The van der Waals surface area contributed by atoms with Gasteiger partial charge in [0.25, 0.3) is 0 Å². The van der Waals surface area contributed by atoms with Gasteiger partial charge in [-0.2, -0.15) is 0 Å². The molecule has 2 atom stereocenters. The first-order valence-corrected chi connectivity index (χ1v) is 11.6. The van der Waals surface area contributed by atoms with Crippen molar-refractivity contribution in [2.75, 3.05) is 19.7 Å². The van der Waals surface area contributed by atoms with Crippen LogP contribution in [0.2, 0.25) is 0 Å². The van der Waals surface area contributed by atoms with E-state index >= 15 is 0 Å². The molecule has 0 bridgehead atoms. The van der Waals surface area contributed by atoms with Crippen molar-refractivity contribution >= 4 is 18.0 Å². The lowest BCUT2D eigenvalue weighted by molar-refractivity contribution is -0.149. The zero-order chi connectivity index (χ0) is 23.4. The summed E-state index contributed by atoms with van der Waals surface area (Å²) in [6.45, 7) is 3.03. The Morgan fingerprint density at radius 2 is 1.67 bits per heavy atom. The molecule has 7 heteroatoms. The van der Waals surface area contributed by atoms with E-state index in [0.29, 0.717) is 32.4 Å². The summed E-state index contributed by atoms with van der Waals surface area (Å²) >= 11 is 0. The number of aliphatic carboxylic acids is 1. The number of carboxylic acid groups (broad SMARTS) is 1. The van der Waals surface area contributed by atoms with Crippen molar-refractivity contribution < 1.29 is 24.2 Å². The van der Waals surface area contributed by atoms with Gasteiger partial charge in [-0.25, -0.2) is 9.59 Å². The van der Waals surface area contributed by atoms with Crippen LogP contribution in [0.15, 0.2) is 48.5 Å². The predicted molar refractivity (Wildman–Crippen MR) is 124 cm³/mol. The lowest BCUT2D eigenvalue weighted by atomic mass is 9.98. The van der Waals surface area contributed by atoms with Crippen LogP contribution in [0.4, 0.5) is 4.79 Å². The van der Waals surface area contributed by atoms with Gasteiger partial charge in [0.2, 0.25) is 5.91 Å². The molecule has 4 rings (SSSR count). The predicted octanol–water partition coefficient (Wildman–Crippen LogP) is 4.02. The van der Waals surface area contributed by atoms with Gasteiger partial charge in [-0.05, 0) is 47.4 Å². The zero-order valence-electron chi connectivity index (χ0n) is 18.8. The Morgan fingerprint density at radius 3 is 2.30 bits per heavy atom. The van der Waals surface area contributed by atoms with E-state index < -0.39 is 18.1 Å². The highest BCUT2D eigenvalue weighted by Crippen LogP contribution is 2.44. The number of likely N-dealkylation sites (tertiary alicyclic amines) is 1. The number of nitrogens with zero attached hydrogens (tertiary/aromatic N) is 1. The molecule has 2 aliphatic rings. The minimum absolute atomic E-state index is 0.0193. The summed E-state index contributed by atoms with van der Waals surface area (Å²) in [7, 11) is 0. The monoisotopic (exact) mass is 450 g/mol. The molecule has 1 fully saturated rings. The summed E-state index contributed by atoms with van der Waals surface area (Å²) < 4.78 is 5.51. The molecule has 2 N–H and O–H groups in total. The van der Waals surface area contributed by atoms with Gasteiger partial charge >= 0.3 is 12.1 Å². The first-order chi connectivity index (χ1) is 16.0. The lowest BCUT2D eigenvalue weighted by Gasteiger charge is -2.23. The maximum absolute atomic E-state index is 12.4. The molecular formula is C26H30N2O5. The topological polar surface area (TPSA) is 95.9 Å². The summed E-state index contributed by atoms with van der Waals surface area (Å²) in [5, 5.41) is 12.1. The van der Waals surface area contributed by atoms with Crippen molar-refractivity contribution in [2.24, 2.45) is 5.92 Å². The number of carbonyl (C=O) groups excluding carboxylic acids is 2. The average molecular weight is 451 g/mol. The summed E-state index contributed by atoms with van der Waals surface area (Å²) in [6.07, 6.45) is 1.73. The van der Waals surface area contributed by atoms with Gasteiger partial charge in [0.1, 0.15) is 12.6 Å². The standard InChI is InChI=1S/C26H30N2O5/c1-17-13-15-28(24(17)25(30)31)23(29)12-6-7-14-27-26(32)33-16-22-20-10-4-2-8-18(20)19-9-3-5-11-21(19)22/h2-5,8-11,17,22,24H,6-7,12-16H2,1H3,(H,27,32)(H,30,31). The molecule has 1 aliphatic heterocycles. The number of amides is 2. The van der Waals surface area contributed by atoms with E-state index in [9.17, 15) is 19.5 Å². The minimum atomic E-state index is -0.940. The first-order valence-electron chi connectivity index (χ1n) is 11.6. The fraction of sp³-hybridized carbons (Fsp3) is 0.423. The molecule has 0 aromatic heterocycles. The quantitative estimate of drug-likeness (QED) is 0.593. The highest BCUT2D eigenvalue weighted by molar-refractivity contribution is 5.84. The molecule has 33 heavy (non-hydrogen) atoms. The number of rotatable bonds is 8. The second-order valence-electron chi connectivity index (χ2n) is 8.85. The maximum Gasteiger partial charge on any atom is 0.407 e. The van der Waals surface area contributed by atoms with Crippen LogP contribution < -0.4 is 5.32 Å². The van der Waals surface area contributed by atoms with Crippen LogP contribution in [-0.2, 0) is 14.3 Å². The zero-order valence-corrected chi connectivity index (χ0v) is 18.8. The Bertz CT molecular complexity index is 991. The largest absolute Gasteiger partial charge is 0.480 e. The summed E-state index contributed by atoms with van der Waals surface area (Å²) in [5.41, 5.74) is 4.70. The molecule has 1 saturated heterocycles. The van der Waals surface area contributed by atoms with E-state index in [2.05, 4.69) is 29.6 Å². The van der Waals surface area contributed by atoms with Gasteiger partial charge < -0.3 is 20.1 Å². The van der Waals surface area contributed by atoms with Crippen molar-refractivity contribution in [3.05, 3.63) is 59.7 Å². The molecule has 174 valence electrons. The van der Waals surface area contributed by atoms with Gasteiger partial charge in [-0.3, -0.25) is 4.79 Å². The smallest absolute Gasteiger partial charge is 0.407 e. The Morgan fingerprint density at radius 1 is 1.03 bits per heavy atom. The Labute approximate surface area is 193 Å². The highest BCUT2D eigenvalue weighted by atomic mass is 16.5. The molecule has 2 unspecified atom stereocenters. The molecule has 0 radical (unpaired) electrons. The third-order valence-electron chi connectivity index (χ3n) is 6.70. The van der Waals surface area contributed by atoms with Crippen LogP contribution in [-0.4, -0.2) is 53.7 Å². The van der Waals surface area contributed by atoms with E-state index in [4.69, 9.17) is 4.74 Å². The van der Waals surface area contributed by atoms with Gasteiger partial charge in [0.15, 0.2) is 0 Å². The van der Waals surface area contributed by atoms with E-state index in [0.717, 1.165) is 0 Å². The van der Waals surface area contributed by atoms with Gasteiger partial charge in [-0.15, -0.1) is 0 Å². The number of hydrogen-bond donors (Lipinski definition) is 2. The van der Waals surface area contributed by atoms with Crippen LogP contribution in [0.5, 0.6) is 0 Å². The molecule has 2 aromatic carbocycles. The van der Waals surface area contributed by atoms with Crippen LogP contribution in [0.3, 0.4) is 0 Å². The van der Waals surface area contributed by atoms with Crippen molar-refractivity contribution in [1.82, 2.24) is 10.2 Å². The highest BCUT2D eigenvalue weighted by Gasteiger charge is 2.39. The fourth-order valence-electron chi connectivity index (χ4n) is 4.99. The van der Waals surface area contributed by atoms with Crippen molar-refractivity contribution in [3.63, 3.8) is 0 Å². The van der Waals surface area contributed by atoms with Crippen molar-refractivity contribution in [2.45, 2.75) is 44.6 Å². The molecule has 7 nitrogen and oxygen atoms in total. The average Bonchev–Trinajstić information content (AvgIpc) is 3.35. The maximum atomic E-state index is 12.4. The van der Waals surface area contributed by atoms with Crippen molar-refractivity contribution in [1.29, 1.82) is 0 Å². The van der Waals surface area contributed by atoms with E-state index in [1.165, 1.54) is 27.2 Å². The second kappa shape index (κ2) is 10.1. The Kier molecular flexibility index (Phi) is 6.96. The minimum Gasteiger partial charge on any atom is -0.480 e. The molecule has 2 amide bonds. The van der Waals surface area contributed by atoms with E-state index in [1.54, 1.807) is 0 Å². The molecule has 2 aromatic rings. The third kappa shape index (κ3) is 4.87. The second-order valence-corrected chi connectivity index (χ2v) is 8.85. The molecular weight excluding hydrogens is 420 g/mol. The number of ether oxygens (including phenoxy) is 1. The van der Waals surface area contributed by atoms with Gasteiger partial charge in [0.05, 0.1) is 0 Å². The van der Waals surface area contributed by atoms with Crippen LogP contribution in [0, 0.1) is 5.92 Å². The summed E-state index contributed by atoms with van der Waals surface area (Å²) in [5.74, 6) is -1.08. The Hall–Kier alpha value is -3.35. The SMILES string of the molecule is CC1CCN(C(=O)CCCCNC(=O)OCC2c3ccccc3-c3ccccc32)C1C(=O)O. The number of carbonyl (C=O) groups is 3. The molecule has 0 saturated carbocycles. The number of alkyl carbamates (subject to hydrolysis) is 1. The third-order valence-corrected chi connectivity index (χ3v) is 6.70. The molecule has 1 heterocycles. The van der Waals surface area contributed by atoms with E-state index in [-0.39, 0.29) is 30.8 Å². The molecule has 1 aliphatic carbocycles. The number of carboxylic acids is 1. The van der Waals surface area contributed by atoms with Crippen molar-refractivity contribution in [3.8, 4) is 11.1 Å². The number of unbranched alkanes of at least 4 members (excludes halogenated alkanes) is 1. The van der Waals surface area contributed by atoms with Crippen LogP contribution in [0.25, 0.3) is 11.1 Å². The number of hydrogen-bond acceptors (Lipinski definition) is 4. The summed E-state index contributed by atoms with van der Waals surface area (Å²) in [6, 6.07) is 15.7. The molecule has 0 spiro atoms. The number of benzene rings is 2. The fourth-order valence-corrected chi connectivity index (χ4v) is 4.99. The van der Waals surface area contributed by atoms with Crippen LogP contribution >= 0.6 is 0 Å². The van der Waals surface area contributed by atoms with E-state index in [1.807, 2.05) is 31.2 Å². The lowest BCUT2D eigenvalue weighted by Crippen LogP contribution is -2.42. The number of nitrogens with one attached hydrogen (secondary N) is 1. The number of fused-ring (bicyclic) bond motifs is 3. The normalized spacial score (nSPS) is 19.1. The van der Waals surface area contributed by atoms with Gasteiger partial charge in [0, 0.05) is 25.4 Å². The van der Waals surface area contributed by atoms with Crippen LogP contribution in [0.1, 0.15) is 49.7 Å². The Balaban J connectivity index is 1.19.